The van der Waals surface area contributed by atoms with Crippen LogP contribution >= 0.6 is 0 Å². The molecule has 0 aliphatic carbocycles. The molecule has 0 aliphatic heterocycles. The van der Waals surface area contributed by atoms with E-state index in [-0.39, 0.29) is 0 Å². The van der Waals surface area contributed by atoms with Crippen molar-refractivity contribution in [3.63, 3.8) is 0 Å². The molecule has 0 unspecified atom stereocenters. The van der Waals surface area contributed by atoms with Gasteiger partial charge in [-0.05, 0) is 0 Å². The molecule has 0 spiro atoms. The van der Waals surface area contributed by atoms with E-state index in [0.29, 0.717) is 0 Å². The molecule has 0 fully saturated rings. The molecule has 2 radical (unpaired) electrons. The zero-order chi connectivity index (χ0) is 3.58. The Balaban J connectivity index is 2.32. The van der Waals surface area contributed by atoms with Gasteiger partial charge < -0.3 is 10.2 Å². The highest BCUT2D eigenvalue weighted by atomic mass is 16.5. The second-order valence-electron chi connectivity index (χ2n) is 0.414. The van der Waals surface area contributed by atoms with Crippen molar-refractivity contribution in [1.29, 1.82) is 0 Å². The number of aliphatic hydroxyl groups is 2. The van der Waals surface area contributed by atoms with Gasteiger partial charge in [-0.2, -0.15) is 0 Å². The number of aliphatic hydroxyl groups excluding tert-OH is 1. The smallest absolute Gasteiger partial charge is 0.148 e. The highest BCUT2D eigenvalue weighted by Gasteiger charge is 1.71. The highest BCUT2D eigenvalue weighted by Crippen LogP contribution is 1.47. The van der Waals surface area contributed by atoms with E-state index in [0.717, 1.165) is 0 Å². The lowest BCUT2D eigenvalue weighted by atomic mass is 10.2. The van der Waals surface area contributed by atoms with Crippen molar-refractivity contribution in [2.75, 3.05) is 0 Å². The van der Waals surface area contributed by atoms with Crippen LogP contribution in [-0.4, -0.2) is 24.2 Å². The lowest BCUT2D eigenvalue weighted by Gasteiger charge is -1.81. The Labute approximate surface area is 25.5 Å². The molecule has 0 aliphatic rings. The summed E-state index contributed by atoms with van der Waals surface area (Å²) in [6.45, 7) is 0. The van der Waals surface area contributed by atoms with Gasteiger partial charge in [-0.3, -0.25) is 0 Å². The molecule has 0 rings (SSSR count). The second kappa shape index (κ2) is 1.32. The van der Waals surface area contributed by atoms with Crippen LogP contribution < -0.4 is 0 Å². The van der Waals surface area contributed by atoms with Gasteiger partial charge in [0.1, 0.15) is 14.0 Å². The lowest BCUT2D eigenvalue weighted by molar-refractivity contribution is 0.0326. The molecule has 0 atom stereocenters. The zero-order valence-corrected chi connectivity index (χ0v) is 2.05. The van der Waals surface area contributed by atoms with Gasteiger partial charge >= 0.3 is 0 Å². The summed E-state index contributed by atoms with van der Waals surface area (Å²) in [6.07, 6.45) is -1.67. The summed E-state index contributed by atoms with van der Waals surface area (Å²) in [5, 5.41) is 14.8. The molecule has 22 valence electrons. The van der Waals surface area contributed by atoms with Crippen molar-refractivity contribution in [2.45, 2.75) is 6.19 Å². The Bertz CT molecular complexity index is 10.8. The van der Waals surface area contributed by atoms with E-state index in [2.05, 4.69) is 7.85 Å². The van der Waals surface area contributed by atoms with Gasteiger partial charge in [0.15, 0.2) is 0 Å². The van der Waals surface area contributed by atoms with Crippen LogP contribution in [0, 0.1) is 0 Å². The van der Waals surface area contributed by atoms with E-state index in [4.69, 9.17) is 10.2 Å². The third kappa shape index (κ3) is 8480. The van der Waals surface area contributed by atoms with Crippen LogP contribution in [0.5, 0.6) is 0 Å². The molecule has 3 heteroatoms. The Morgan fingerprint density at radius 1 is 1.50 bits per heavy atom. The maximum atomic E-state index is 7.39. The van der Waals surface area contributed by atoms with Crippen LogP contribution in [0.15, 0.2) is 0 Å². The third-order valence-corrected chi connectivity index (χ3v) is 0. The predicted molar refractivity (Wildman–Crippen MR) is 14.0 cm³/mol. The van der Waals surface area contributed by atoms with Gasteiger partial charge in [0.05, 0.1) is 0 Å². The average Bonchev–Trinajstić information content (AvgIpc) is 0.811. The van der Waals surface area contributed by atoms with Crippen molar-refractivity contribution < 1.29 is 10.2 Å². The second-order valence-corrected chi connectivity index (χ2v) is 0.414. The molecule has 0 aromatic rings. The lowest BCUT2D eigenvalue weighted by Crippen LogP contribution is -2.00. The van der Waals surface area contributed by atoms with E-state index in [1.54, 1.807) is 0 Å². The standard InChI is InChI=1S/CH3BO2/c2-1(3)4/h1,3-4H. The third-order valence-electron chi connectivity index (χ3n) is 0. The Morgan fingerprint density at radius 2 is 1.50 bits per heavy atom. The molecule has 0 heterocycles. The summed E-state index contributed by atoms with van der Waals surface area (Å²) >= 11 is 0. The molecule has 4 heavy (non-hydrogen) atoms. The van der Waals surface area contributed by atoms with Gasteiger partial charge in [0, 0.05) is 0 Å². The Kier molecular flexibility index (Phi) is 1.31. The van der Waals surface area contributed by atoms with Crippen molar-refractivity contribution in [3.05, 3.63) is 0 Å². The van der Waals surface area contributed by atoms with Gasteiger partial charge in [-0.25, -0.2) is 0 Å². The molecule has 2 N–H and O–H groups in total. The average molecular weight is 57.8 g/mol. The molecule has 0 saturated heterocycles. The summed E-state index contributed by atoms with van der Waals surface area (Å²) in [5.74, 6) is 0. The zero-order valence-electron chi connectivity index (χ0n) is 2.05. The minimum atomic E-state index is -1.67. The van der Waals surface area contributed by atoms with Crippen molar-refractivity contribution in [1.82, 2.24) is 0 Å². The van der Waals surface area contributed by atoms with E-state index >= 15 is 0 Å². The topological polar surface area (TPSA) is 40.5 Å². The van der Waals surface area contributed by atoms with Crippen molar-refractivity contribution in [3.8, 4) is 0 Å². The summed E-state index contributed by atoms with van der Waals surface area (Å²) in [5.41, 5.74) is 0. The van der Waals surface area contributed by atoms with E-state index in [9.17, 15) is 0 Å². The van der Waals surface area contributed by atoms with Crippen molar-refractivity contribution in [2.24, 2.45) is 0 Å². The normalized spacial score (nSPS) is 8.75. The molecule has 0 aromatic carbocycles. The van der Waals surface area contributed by atoms with Gasteiger partial charge in [-0.1, -0.05) is 0 Å². The molecule has 2 nitrogen and oxygen atoms in total. The van der Waals surface area contributed by atoms with Crippen molar-refractivity contribution >= 4 is 7.85 Å². The first kappa shape index (κ1) is 3.98. The summed E-state index contributed by atoms with van der Waals surface area (Å²) in [7, 11) is 4.22. The fraction of sp³-hybridized carbons (Fsp3) is 1.00. The molecule has 0 saturated carbocycles. The number of rotatable bonds is 0. The van der Waals surface area contributed by atoms with Crippen LogP contribution in [0.3, 0.4) is 0 Å². The monoisotopic (exact) mass is 58.0 g/mol. The fourth-order valence-electron chi connectivity index (χ4n) is 0. The van der Waals surface area contributed by atoms with Crippen LogP contribution in [0.4, 0.5) is 0 Å². The van der Waals surface area contributed by atoms with E-state index in [1.165, 1.54) is 0 Å². The molecular weight excluding hydrogens is 54.8 g/mol. The maximum absolute atomic E-state index is 7.39. The van der Waals surface area contributed by atoms with Crippen LogP contribution in [0.2, 0.25) is 0 Å². The SMILES string of the molecule is [B]C(O)O. The summed E-state index contributed by atoms with van der Waals surface area (Å²) < 4.78 is 0. The first-order valence-corrected chi connectivity index (χ1v) is 0.850. The van der Waals surface area contributed by atoms with Crippen LogP contribution in [0.25, 0.3) is 0 Å². The summed E-state index contributed by atoms with van der Waals surface area (Å²) in [6, 6.07) is 0. The number of hydrogen-bond donors (Lipinski definition) is 2. The fourth-order valence-corrected chi connectivity index (χ4v) is 0. The minimum Gasteiger partial charge on any atom is -0.378 e. The largest absolute Gasteiger partial charge is 0.378 e. The first-order chi connectivity index (χ1) is 1.73. The highest BCUT2D eigenvalue weighted by molar-refractivity contribution is 6.09. The van der Waals surface area contributed by atoms with Crippen LogP contribution in [0.1, 0.15) is 0 Å². The molecule has 0 aromatic heterocycles. The molecular formula is CH3BO2. The Morgan fingerprint density at radius 3 is 1.50 bits per heavy atom. The maximum Gasteiger partial charge on any atom is 0.148 e. The number of hydrogen-bond acceptors (Lipinski definition) is 2. The van der Waals surface area contributed by atoms with Gasteiger partial charge in [0.2, 0.25) is 0 Å². The molecule has 0 bridgehead atoms. The van der Waals surface area contributed by atoms with Gasteiger partial charge in [-0.15, -0.1) is 0 Å². The quantitative estimate of drug-likeness (QED) is 0.261. The van der Waals surface area contributed by atoms with Gasteiger partial charge in [0.25, 0.3) is 0 Å². The van der Waals surface area contributed by atoms with Crippen LogP contribution in [-0.2, 0) is 0 Å². The first-order valence-electron chi connectivity index (χ1n) is 0.850. The van der Waals surface area contributed by atoms with E-state index < -0.39 is 6.19 Å². The summed E-state index contributed by atoms with van der Waals surface area (Å²) in [4.78, 5) is 0. The minimum absolute atomic E-state index is 1.67. The Hall–Kier alpha value is -0.0151. The van der Waals surface area contributed by atoms with E-state index in [1.807, 2.05) is 0 Å². The molecule has 0 amide bonds. The predicted octanol–water partition coefficient (Wildman–Crippen LogP) is -1.58.